The maximum atomic E-state index is 5.16. The zero-order valence-corrected chi connectivity index (χ0v) is 13.2. The minimum absolute atomic E-state index is 0.853. The van der Waals surface area contributed by atoms with Crippen LogP contribution in [0.25, 0.3) is 16.3 Å². The van der Waals surface area contributed by atoms with Gasteiger partial charge < -0.3 is 4.74 Å². The zero-order valence-electron chi connectivity index (χ0n) is 10.8. The van der Waals surface area contributed by atoms with Gasteiger partial charge in [0.1, 0.15) is 5.75 Å². The third kappa shape index (κ3) is 2.73. The first-order chi connectivity index (χ1) is 9.76. The molecule has 0 aliphatic rings. The Balaban J connectivity index is 1.91. The van der Waals surface area contributed by atoms with E-state index in [2.05, 4.69) is 21.0 Å². The summed E-state index contributed by atoms with van der Waals surface area (Å²) in [5.41, 5.74) is 4.14. The number of hydrogen-bond acceptors (Lipinski definition) is 3. The molecule has 5 heteroatoms. The monoisotopic (exact) mass is 347 g/mol. The van der Waals surface area contributed by atoms with Crippen LogP contribution in [0.3, 0.4) is 0 Å². The van der Waals surface area contributed by atoms with E-state index in [0.717, 1.165) is 26.5 Å². The van der Waals surface area contributed by atoms with E-state index in [1.54, 1.807) is 18.4 Å². The standard InChI is InChI=1S/C15H12BrN2OS/c1-19-14-8-2-11(3-9-14)15-17-18(10-20-15)13-6-4-12(16)5-7-13/h2-10H,1H3/q+1. The van der Waals surface area contributed by atoms with Gasteiger partial charge in [-0.25, -0.2) is 0 Å². The second kappa shape index (κ2) is 5.73. The predicted molar refractivity (Wildman–Crippen MR) is 83.3 cm³/mol. The predicted octanol–water partition coefficient (Wildman–Crippen LogP) is 3.86. The van der Waals surface area contributed by atoms with Gasteiger partial charge in [-0.05, 0) is 52.4 Å². The molecule has 2 aromatic carbocycles. The number of hydrogen-bond donors (Lipinski definition) is 0. The van der Waals surface area contributed by atoms with Crippen molar-refractivity contribution in [3.63, 3.8) is 0 Å². The van der Waals surface area contributed by atoms with Gasteiger partial charge in [-0.3, -0.25) is 0 Å². The molecule has 0 saturated carbocycles. The Morgan fingerprint density at radius 2 is 1.75 bits per heavy atom. The molecule has 3 rings (SSSR count). The molecule has 1 heterocycles. The second-order valence-electron chi connectivity index (χ2n) is 4.18. The average Bonchev–Trinajstić information content (AvgIpc) is 2.98. The summed E-state index contributed by atoms with van der Waals surface area (Å²) in [6.07, 6.45) is 0. The lowest BCUT2D eigenvalue weighted by atomic mass is 10.2. The molecule has 0 aliphatic carbocycles. The van der Waals surface area contributed by atoms with Crippen molar-refractivity contribution in [2.24, 2.45) is 0 Å². The maximum absolute atomic E-state index is 5.16. The van der Waals surface area contributed by atoms with E-state index >= 15 is 0 Å². The van der Waals surface area contributed by atoms with E-state index in [0.29, 0.717) is 0 Å². The average molecular weight is 348 g/mol. The Morgan fingerprint density at radius 3 is 2.40 bits per heavy atom. The van der Waals surface area contributed by atoms with E-state index in [9.17, 15) is 0 Å². The second-order valence-corrected chi connectivity index (χ2v) is 5.93. The number of aromatic nitrogens is 2. The number of methoxy groups -OCH3 is 1. The molecule has 0 saturated heterocycles. The Hall–Kier alpha value is -1.72. The van der Waals surface area contributed by atoms with Gasteiger partial charge in [0, 0.05) is 27.3 Å². The summed E-state index contributed by atoms with van der Waals surface area (Å²) in [4.78, 5) is 0. The largest absolute Gasteiger partial charge is 0.497 e. The van der Waals surface area contributed by atoms with Gasteiger partial charge in [0.15, 0.2) is 5.01 Å². The van der Waals surface area contributed by atoms with Gasteiger partial charge in [-0.15, -0.1) is 0 Å². The fourth-order valence-corrected chi connectivity index (χ4v) is 2.86. The summed E-state index contributed by atoms with van der Waals surface area (Å²) >= 11 is 5.05. The Morgan fingerprint density at radius 1 is 1.05 bits per heavy atom. The SMILES string of the molecule is COc1ccc(-c2n[n+](-c3ccc(Br)cc3)cs2)cc1. The lowest BCUT2D eigenvalue weighted by molar-refractivity contribution is -0.653. The zero-order chi connectivity index (χ0) is 13.9. The van der Waals surface area contributed by atoms with Crippen LogP contribution in [0.2, 0.25) is 0 Å². The topological polar surface area (TPSA) is 26.0 Å². The Labute approximate surface area is 129 Å². The summed E-state index contributed by atoms with van der Waals surface area (Å²) in [6.45, 7) is 0. The van der Waals surface area contributed by atoms with Crippen molar-refractivity contribution in [2.45, 2.75) is 0 Å². The van der Waals surface area contributed by atoms with Gasteiger partial charge in [-0.1, -0.05) is 15.9 Å². The van der Waals surface area contributed by atoms with Crippen LogP contribution in [-0.4, -0.2) is 12.2 Å². The molecule has 0 aliphatic heterocycles. The van der Waals surface area contributed by atoms with Gasteiger partial charge in [0.05, 0.1) is 7.11 Å². The van der Waals surface area contributed by atoms with Crippen LogP contribution in [0, 0.1) is 0 Å². The molecule has 0 bridgehead atoms. The number of ether oxygens (including phenoxy) is 1. The molecule has 100 valence electrons. The normalized spacial score (nSPS) is 10.5. The van der Waals surface area contributed by atoms with Crippen LogP contribution in [0.15, 0.2) is 58.5 Å². The van der Waals surface area contributed by atoms with Crippen LogP contribution < -0.4 is 9.42 Å². The fourth-order valence-electron chi connectivity index (χ4n) is 1.82. The molecule has 3 aromatic rings. The van der Waals surface area contributed by atoms with E-state index in [4.69, 9.17) is 4.74 Å². The van der Waals surface area contributed by atoms with Crippen molar-refractivity contribution in [1.29, 1.82) is 0 Å². The van der Waals surface area contributed by atoms with Gasteiger partial charge in [-0.2, -0.15) is 0 Å². The quantitative estimate of drug-likeness (QED) is 0.672. The fraction of sp³-hybridized carbons (Fsp3) is 0.0667. The highest BCUT2D eigenvalue weighted by atomic mass is 79.9. The molecular formula is C15H12BrN2OS+. The summed E-state index contributed by atoms with van der Waals surface area (Å²) < 4.78 is 8.11. The van der Waals surface area contributed by atoms with E-state index in [1.165, 1.54) is 0 Å². The molecule has 0 amide bonds. The van der Waals surface area contributed by atoms with Crippen molar-refractivity contribution < 1.29 is 9.42 Å². The van der Waals surface area contributed by atoms with Crippen molar-refractivity contribution in [3.05, 3.63) is 58.5 Å². The first kappa shape index (κ1) is 13.3. The third-order valence-electron chi connectivity index (χ3n) is 2.89. The van der Waals surface area contributed by atoms with Crippen molar-refractivity contribution >= 4 is 27.3 Å². The summed E-state index contributed by atoms with van der Waals surface area (Å²) in [5.74, 6) is 0.853. The first-order valence-corrected chi connectivity index (χ1v) is 7.71. The number of halogens is 1. The lowest BCUT2D eigenvalue weighted by Crippen LogP contribution is -2.31. The molecule has 0 radical (unpaired) electrons. The number of rotatable bonds is 3. The van der Waals surface area contributed by atoms with Crippen LogP contribution >= 0.6 is 27.3 Å². The van der Waals surface area contributed by atoms with Crippen molar-refractivity contribution in [3.8, 4) is 22.0 Å². The van der Waals surface area contributed by atoms with Crippen LogP contribution in [0.4, 0.5) is 0 Å². The Kier molecular flexibility index (Phi) is 3.80. The molecule has 0 unspecified atom stereocenters. The van der Waals surface area contributed by atoms with Crippen molar-refractivity contribution in [1.82, 2.24) is 5.10 Å². The van der Waals surface area contributed by atoms with Gasteiger partial charge in [0.2, 0.25) is 5.69 Å². The Bertz CT molecular complexity index is 707. The molecule has 20 heavy (non-hydrogen) atoms. The summed E-state index contributed by atoms with van der Waals surface area (Å²) in [6, 6.07) is 16.0. The van der Waals surface area contributed by atoms with E-state index in [1.807, 2.05) is 58.7 Å². The molecule has 3 nitrogen and oxygen atoms in total. The van der Waals surface area contributed by atoms with Crippen molar-refractivity contribution in [2.75, 3.05) is 7.11 Å². The third-order valence-corrected chi connectivity index (χ3v) is 4.27. The highest BCUT2D eigenvalue weighted by Gasteiger charge is 2.14. The molecule has 0 N–H and O–H groups in total. The van der Waals surface area contributed by atoms with E-state index < -0.39 is 0 Å². The minimum atomic E-state index is 0.853. The number of benzene rings is 2. The number of nitrogens with zero attached hydrogens (tertiary/aromatic N) is 2. The lowest BCUT2D eigenvalue weighted by Gasteiger charge is -1.98. The summed E-state index contributed by atoms with van der Waals surface area (Å²) in [7, 11) is 1.67. The molecule has 0 atom stereocenters. The summed E-state index contributed by atoms with van der Waals surface area (Å²) in [5, 5.41) is 5.60. The van der Waals surface area contributed by atoms with E-state index in [-0.39, 0.29) is 0 Å². The first-order valence-electron chi connectivity index (χ1n) is 6.04. The molecule has 0 fully saturated rings. The highest BCUT2D eigenvalue weighted by Crippen LogP contribution is 2.23. The van der Waals surface area contributed by atoms with Crippen LogP contribution in [-0.2, 0) is 0 Å². The molecular weight excluding hydrogens is 336 g/mol. The minimum Gasteiger partial charge on any atom is -0.497 e. The smallest absolute Gasteiger partial charge is 0.260 e. The highest BCUT2D eigenvalue weighted by molar-refractivity contribution is 9.10. The maximum Gasteiger partial charge on any atom is 0.260 e. The van der Waals surface area contributed by atoms with Crippen LogP contribution in [0.1, 0.15) is 0 Å². The molecule has 0 spiro atoms. The van der Waals surface area contributed by atoms with Gasteiger partial charge in [0.25, 0.3) is 5.51 Å². The van der Waals surface area contributed by atoms with Crippen LogP contribution in [0.5, 0.6) is 5.75 Å². The molecule has 1 aromatic heterocycles. The van der Waals surface area contributed by atoms with Gasteiger partial charge >= 0.3 is 0 Å².